The predicted molar refractivity (Wildman–Crippen MR) is 149 cm³/mol. The van der Waals surface area contributed by atoms with Crippen LogP contribution in [0, 0.1) is 18.3 Å². The van der Waals surface area contributed by atoms with Crippen LogP contribution in [0.4, 0.5) is 0 Å². The highest BCUT2D eigenvalue weighted by atomic mass is 16.5. The highest BCUT2D eigenvalue weighted by Crippen LogP contribution is 2.36. The summed E-state index contributed by atoms with van der Waals surface area (Å²) in [5.41, 5.74) is 4.62. The Morgan fingerprint density at radius 2 is 1.65 bits per heavy atom. The van der Waals surface area contributed by atoms with Crippen molar-refractivity contribution in [3.63, 3.8) is 0 Å². The number of aliphatic carboxylic acids is 1. The van der Waals surface area contributed by atoms with Gasteiger partial charge in [0.1, 0.15) is 24.1 Å². The lowest BCUT2D eigenvalue weighted by atomic mass is 9.90. The fourth-order valence-electron chi connectivity index (χ4n) is 4.92. The zero-order chi connectivity index (χ0) is 28.1. The van der Waals surface area contributed by atoms with Gasteiger partial charge in [-0.3, -0.25) is 4.79 Å². The first-order chi connectivity index (χ1) is 19.4. The average Bonchev–Trinajstić information content (AvgIpc) is 2.99. The lowest BCUT2D eigenvalue weighted by molar-refractivity contribution is -0.155. The molecule has 1 aliphatic heterocycles. The molecule has 2 atom stereocenters. The monoisotopic (exact) mass is 532 g/mol. The first-order valence-corrected chi connectivity index (χ1v) is 13.0. The van der Waals surface area contributed by atoms with Crippen LogP contribution in [0.1, 0.15) is 39.5 Å². The third-order valence-corrected chi connectivity index (χ3v) is 7.03. The van der Waals surface area contributed by atoms with Crippen molar-refractivity contribution in [1.82, 2.24) is 4.90 Å². The molecule has 5 rings (SSSR count). The fraction of sp³-hybridized carbons (Fsp3) is 0.182. The molecule has 4 aromatic carbocycles. The van der Waals surface area contributed by atoms with Crippen molar-refractivity contribution >= 4 is 11.9 Å². The molecular weight excluding hydrogens is 504 g/mol. The van der Waals surface area contributed by atoms with E-state index in [0.29, 0.717) is 29.2 Å². The molecule has 200 valence electrons. The lowest BCUT2D eigenvalue weighted by Crippen LogP contribution is -2.51. The Morgan fingerprint density at radius 3 is 2.30 bits per heavy atom. The zero-order valence-corrected chi connectivity index (χ0v) is 22.0. The standard InChI is InChI=1S/C33H28N2O5/c1-22-12-15-26-20-35(29(33(37)38)18-28(26)30(22)39-21-24-8-4-2-5-9-24)32(36)31(25-10-6-3-7-11-25)40-27-16-13-23(19-34)14-17-27/h2-17,29,31H,18,20-21H2,1H3,(H,37,38)/t29-,31+/m1/s1. The van der Waals surface area contributed by atoms with E-state index in [0.717, 1.165) is 22.3 Å². The van der Waals surface area contributed by atoms with Crippen LogP contribution in [0.3, 0.4) is 0 Å². The maximum absolute atomic E-state index is 14.1. The summed E-state index contributed by atoms with van der Waals surface area (Å²) in [5.74, 6) is -0.494. The van der Waals surface area contributed by atoms with Crippen LogP contribution in [-0.2, 0) is 29.2 Å². The Balaban J connectivity index is 1.46. The molecule has 40 heavy (non-hydrogen) atoms. The van der Waals surface area contributed by atoms with E-state index in [4.69, 9.17) is 14.7 Å². The summed E-state index contributed by atoms with van der Waals surface area (Å²) in [4.78, 5) is 28.0. The van der Waals surface area contributed by atoms with Gasteiger partial charge in [0.05, 0.1) is 11.6 Å². The number of amides is 1. The SMILES string of the molecule is Cc1ccc2c(c1OCc1ccccc1)C[C@H](C(=O)O)N(C(=O)[C@@H](Oc1ccc(C#N)cc1)c1ccccc1)C2. The Bertz CT molecular complexity index is 1550. The third kappa shape index (κ3) is 5.67. The van der Waals surface area contributed by atoms with E-state index in [1.165, 1.54) is 4.90 Å². The predicted octanol–water partition coefficient (Wildman–Crippen LogP) is 5.60. The van der Waals surface area contributed by atoms with Crippen LogP contribution in [0.5, 0.6) is 11.5 Å². The molecule has 4 aromatic rings. The van der Waals surface area contributed by atoms with Crippen molar-refractivity contribution < 1.29 is 24.2 Å². The topological polar surface area (TPSA) is 99.9 Å². The molecule has 0 radical (unpaired) electrons. The van der Waals surface area contributed by atoms with Crippen LogP contribution in [-0.4, -0.2) is 27.9 Å². The van der Waals surface area contributed by atoms with Crippen LogP contribution in [0.25, 0.3) is 0 Å². The van der Waals surface area contributed by atoms with Gasteiger partial charge in [-0.1, -0.05) is 72.8 Å². The number of nitrogens with zero attached hydrogens (tertiary/aromatic N) is 2. The molecule has 0 saturated heterocycles. The van der Waals surface area contributed by atoms with Gasteiger partial charge in [0.2, 0.25) is 6.10 Å². The number of nitriles is 1. The average molecular weight is 533 g/mol. The molecule has 0 spiro atoms. The molecule has 7 heteroatoms. The summed E-state index contributed by atoms with van der Waals surface area (Å²) >= 11 is 0. The Labute approximate surface area is 232 Å². The van der Waals surface area contributed by atoms with Crippen LogP contribution < -0.4 is 9.47 Å². The third-order valence-electron chi connectivity index (χ3n) is 7.03. The molecule has 0 fully saturated rings. The van der Waals surface area contributed by atoms with Crippen molar-refractivity contribution in [2.75, 3.05) is 0 Å². The Morgan fingerprint density at radius 1 is 0.975 bits per heavy atom. The van der Waals surface area contributed by atoms with Crippen LogP contribution >= 0.6 is 0 Å². The smallest absolute Gasteiger partial charge is 0.326 e. The normalized spacial score (nSPS) is 14.9. The molecule has 1 aliphatic rings. The Kier molecular flexibility index (Phi) is 7.79. The van der Waals surface area contributed by atoms with Gasteiger partial charge in [0.15, 0.2) is 0 Å². The number of aryl methyl sites for hydroxylation is 1. The first-order valence-electron chi connectivity index (χ1n) is 13.0. The van der Waals surface area contributed by atoms with Gasteiger partial charge in [0.25, 0.3) is 5.91 Å². The minimum absolute atomic E-state index is 0.104. The van der Waals surface area contributed by atoms with E-state index in [1.54, 1.807) is 48.5 Å². The van der Waals surface area contributed by atoms with Gasteiger partial charge < -0.3 is 19.5 Å². The molecular formula is C33H28N2O5. The summed E-state index contributed by atoms with van der Waals surface area (Å²) in [6.07, 6.45) is -0.961. The number of hydrogen-bond donors (Lipinski definition) is 1. The molecule has 1 heterocycles. The molecule has 0 saturated carbocycles. The minimum atomic E-state index is -1.10. The van der Waals surface area contributed by atoms with Crippen LogP contribution in [0.2, 0.25) is 0 Å². The maximum atomic E-state index is 14.1. The number of carboxylic acids is 1. The number of ether oxygens (including phenoxy) is 2. The molecule has 0 aliphatic carbocycles. The largest absolute Gasteiger partial charge is 0.488 e. The highest BCUT2D eigenvalue weighted by Gasteiger charge is 2.40. The summed E-state index contributed by atoms with van der Waals surface area (Å²) < 4.78 is 12.4. The minimum Gasteiger partial charge on any atom is -0.488 e. The van der Waals surface area contributed by atoms with Crippen molar-refractivity contribution in [2.24, 2.45) is 0 Å². The van der Waals surface area contributed by atoms with E-state index >= 15 is 0 Å². The fourth-order valence-corrected chi connectivity index (χ4v) is 4.92. The number of carbonyl (C=O) groups excluding carboxylic acids is 1. The summed E-state index contributed by atoms with van der Waals surface area (Å²) in [7, 11) is 0. The van der Waals surface area contributed by atoms with E-state index < -0.39 is 24.0 Å². The molecule has 0 aromatic heterocycles. The van der Waals surface area contributed by atoms with Gasteiger partial charge >= 0.3 is 5.97 Å². The van der Waals surface area contributed by atoms with Gasteiger partial charge in [-0.15, -0.1) is 0 Å². The lowest BCUT2D eigenvalue weighted by Gasteiger charge is -2.37. The molecule has 0 unspecified atom stereocenters. The van der Waals surface area contributed by atoms with E-state index in [1.807, 2.05) is 55.5 Å². The van der Waals surface area contributed by atoms with Gasteiger partial charge in [-0.2, -0.15) is 5.26 Å². The summed E-state index contributed by atoms with van der Waals surface area (Å²) in [5, 5.41) is 19.4. The van der Waals surface area contributed by atoms with E-state index in [-0.39, 0.29) is 13.0 Å². The number of carboxylic acid groups (broad SMARTS) is 1. The van der Waals surface area contributed by atoms with Gasteiger partial charge in [0, 0.05) is 24.1 Å². The van der Waals surface area contributed by atoms with Gasteiger partial charge in [-0.05, 0) is 47.9 Å². The van der Waals surface area contributed by atoms with Crippen molar-refractivity contribution in [2.45, 2.75) is 38.6 Å². The van der Waals surface area contributed by atoms with Gasteiger partial charge in [-0.25, -0.2) is 4.79 Å². The molecule has 1 N–H and O–H groups in total. The summed E-state index contributed by atoms with van der Waals surface area (Å²) in [6, 6.07) is 30.1. The van der Waals surface area contributed by atoms with Crippen LogP contribution in [0.15, 0.2) is 97.1 Å². The molecule has 1 amide bonds. The van der Waals surface area contributed by atoms with Crippen molar-refractivity contribution in [1.29, 1.82) is 5.26 Å². The number of hydrogen-bond acceptors (Lipinski definition) is 5. The highest BCUT2D eigenvalue weighted by molar-refractivity contribution is 5.88. The Hall–Kier alpha value is -5.09. The second kappa shape index (κ2) is 11.7. The number of benzene rings is 4. The molecule has 7 nitrogen and oxygen atoms in total. The van der Waals surface area contributed by atoms with E-state index in [2.05, 4.69) is 6.07 Å². The first kappa shape index (κ1) is 26.5. The van der Waals surface area contributed by atoms with Crippen molar-refractivity contribution in [3.05, 3.63) is 130 Å². The van der Waals surface area contributed by atoms with Crippen molar-refractivity contribution in [3.8, 4) is 17.6 Å². The zero-order valence-electron chi connectivity index (χ0n) is 22.0. The second-order valence-corrected chi connectivity index (χ2v) is 9.69. The summed E-state index contributed by atoms with van der Waals surface area (Å²) in [6.45, 7) is 2.39. The molecule has 0 bridgehead atoms. The maximum Gasteiger partial charge on any atom is 0.326 e. The number of rotatable bonds is 8. The van der Waals surface area contributed by atoms with E-state index in [9.17, 15) is 14.7 Å². The number of carbonyl (C=O) groups is 2. The second-order valence-electron chi connectivity index (χ2n) is 9.69. The quantitative estimate of drug-likeness (QED) is 0.317. The number of fused-ring (bicyclic) bond motifs is 1.